The largest absolute Gasteiger partial charge is 0.394 e. The van der Waals surface area contributed by atoms with Crippen LogP contribution < -0.4 is 0 Å². The summed E-state index contributed by atoms with van der Waals surface area (Å²) in [6.07, 6.45) is 3.24. The highest BCUT2D eigenvalue weighted by atomic mass is 16.3. The molecule has 1 amide bonds. The van der Waals surface area contributed by atoms with Crippen LogP contribution in [0.2, 0.25) is 0 Å². The van der Waals surface area contributed by atoms with Gasteiger partial charge in [-0.15, -0.1) is 0 Å². The van der Waals surface area contributed by atoms with Gasteiger partial charge in [-0.2, -0.15) is 5.26 Å². The van der Waals surface area contributed by atoms with Crippen molar-refractivity contribution in [2.24, 2.45) is 5.92 Å². The first-order valence-electron chi connectivity index (χ1n) is 5.55. The molecule has 0 bridgehead atoms. The van der Waals surface area contributed by atoms with Gasteiger partial charge in [0.2, 0.25) is 5.91 Å². The van der Waals surface area contributed by atoms with Gasteiger partial charge in [-0.1, -0.05) is 13.3 Å². The van der Waals surface area contributed by atoms with Crippen LogP contribution in [-0.2, 0) is 4.79 Å². The predicted octanol–water partition coefficient (Wildman–Crippen LogP) is 0.910. The molecule has 1 aliphatic rings. The molecule has 4 heteroatoms. The third kappa shape index (κ3) is 2.69. The van der Waals surface area contributed by atoms with Crippen LogP contribution in [0.3, 0.4) is 0 Å². The average Bonchev–Trinajstić information content (AvgIpc) is 2.72. The van der Waals surface area contributed by atoms with E-state index in [1.807, 2.05) is 6.92 Å². The molecule has 4 nitrogen and oxygen atoms in total. The van der Waals surface area contributed by atoms with Crippen molar-refractivity contribution in [1.29, 1.82) is 5.26 Å². The maximum absolute atomic E-state index is 11.9. The Morgan fingerprint density at radius 1 is 1.73 bits per heavy atom. The van der Waals surface area contributed by atoms with Crippen LogP contribution in [0.25, 0.3) is 0 Å². The minimum atomic E-state index is -0.526. The summed E-state index contributed by atoms with van der Waals surface area (Å²) >= 11 is 0. The number of carbonyl (C=O) groups is 1. The molecular weight excluding hydrogens is 192 g/mol. The number of aliphatic hydroxyl groups excluding tert-OH is 1. The van der Waals surface area contributed by atoms with Crippen molar-refractivity contribution in [2.75, 3.05) is 13.2 Å². The lowest BCUT2D eigenvalue weighted by molar-refractivity contribution is -0.135. The molecule has 0 aromatic heterocycles. The van der Waals surface area contributed by atoms with Crippen LogP contribution in [0.15, 0.2) is 0 Å². The molecule has 0 saturated carbocycles. The first kappa shape index (κ1) is 12.0. The van der Waals surface area contributed by atoms with Crippen molar-refractivity contribution in [1.82, 2.24) is 4.90 Å². The summed E-state index contributed by atoms with van der Waals surface area (Å²) < 4.78 is 0. The molecule has 0 spiro atoms. The zero-order chi connectivity index (χ0) is 11.3. The number of hydrogen-bond acceptors (Lipinski definition) is 3. The molecule has 1 heterocycles. The minimum Gasteiger partial charge on any atom is -0.394 e. The number of carbonyl (C=O) groups excluding carboxylic acids is 1. The van der Waals surface area contributed by atoms with E-state index in [-0.39, 0.29) is 18.6 Å². The van der Waals surface area contributed by atoms with E-state index >= 15 is 0 Å². The Kier molecular flexibility index (Phi) is 4.57. The van der Waals surface area contributed by atoms with E-state index in [9.17, 15) is 4.79 Å². The van der Waals surface area contributed by atoms with Gasteiger partial charge < -0.3 is 10.0 Å². The van der Waals surface area contributed by atoms with Gasteiger partial charge in [0.1, 0.15) is 5.92 Å². The molecule has 1 aliphatic heterocycles. The molecule has 0 radical (unpaired) electrons. The van der Waals surface area contributed by atoms with Gasteiger partial charge in [-0.05, 0) is 19.3 Å². The maximum atomic E-state index is 11.9. The summed E-state index contributed by atoms with van der Waals surface area (Å²) in [5, 5.41) is 18.0. The maximum Gasteiger partial charge on any atom is 0.240 e. The van der Waals surface area contributed by atoms with E-state index in [2.05, 4.69) is 6.07 Å². The molecule has 15 heavy (non-hydrogen) atoms. The second kappa shape index (κ2) is 5.72. The van der Waals surface area contributed by atoms with Crippen molar-refractivity contribution < 1.29 is 9.90 Å². The molecule has 0 aromatic rings. The van der Waals surface area contributed by atoms with Gasteiger partial charge in [0.15, 0.2) is 0 Å². The molecule has 84 valence electrons. The smallest absolute Gasteiger partial charge is 0.240 e. The topological polar surface area (TPSA) is 64.3 Å². The van der Waals surface area contributed by atoms with E-state index in [0.29, 0.717) is 13.0 Å². The summed E-state index contributed by atoms with van der Waals surface area (Å²) in [4.78, 5) is 13.6. The number of nitriles is 1. The van der Waals surface area contributed by atoms with E-state index in [4.69, 9.17) is 10.4 Å². The quantitative estimate of drug-likeness (QED) is 0.750. The third-order valence-corrected chi connectivity index (χ3v) is 2.90. The van der Waals surface area contributed by atoms with Gasteiger partial charge in [0.25, 0.3) is 0 Å². The molecule has 2 unspecified atom stereocenters. The van der Waals surface area contributed by atoms with Gasteiger partial charge in [-0.25, -0.2) is 0 Å². The first-order valence-corrected chi connectivity index (χ1v) is 5.55. The van der Waals surface area contributed by atoms with Crippen molar-refractivity contribution in [3.63, 3.8) is 0 Å². The fourth-order valence-electron chi connectivity index (χ4n) is 2.05. The number of rotatable bonds is 4. The Hall–Kier alpha value is -1.08. The highest BCUT2D eigenvalue weighted by molar-refractivity contribution is 5.81. The Bertz CT molecular complexity index is 260. The second-order valence-corrected chi connectivity index (χ2v) is 3.98. The molecular formula is C11H18N2O2. The third-order valence-electron chi connectivity index (χ3n) is 2.90. The summed E-state index contributed by atoms with van der Waals surface area (Å²) in [6.45, 7) is 2.66. The van der Waals surface area contributed by atoms with Crippen molar-refractivity contribution >= 4 is 5.91 Å². The number of hydrogen-bond donors (Lipinski definition) is 1. The van der Waals surface area contributed by atoms with Crippen LogP contribution in [0, 0.1) is 17.2 Å². The fourth-order valence-corrected chi connectivity index (χ4v) is 2.05. The molecule has 1 N–H and O–H groups in total. The molecule has 0 aromatic carbocycles. The van der Waals surface area contributed by atoms with Gasteiger partial charge in [-0.3, -0.25) is 4.79 Å². The molecule has 0 aliphatic carbocycles. The lowest BCUT2D eigenvalue weighted by Crippen LogP contribution is -2.41. The Morgan fingerprint density at radius 2 is 2.47 bits per heavy atom. The van der Waals surface area contributed by atoms with Crippen molar-refractivity contribution in [3.05, 3.63) is 0 Å². The number of amides is 1. The standard InChI is InChI=1S/C11H18N2O2/c1-2-4-9(7-12)11(15)13-6-3-5-10(13)8-14/h9-10,14H,2-6,8H2,1H3. The second-order valence-electron chi connectivity index (χ2n) is 3.98. The zero-order valence-corrected chi connectivity index (χ0v) is 9.15. The average molecular weight is 210 g/mol. The highest BCUT2D eigenvalue weighted by Crippen LogP contribution is 2.20. The lowest BCUT2D eigenvalue weighted by atomic mass is 10.0. The van der Waals surface area contributed by atoms with E-state index in [1.54, 1.807) is 4.90 Å². The van der Waals surface area contributed by atoms with Crippen LogP contribution in [0.1, 0.15) is 32.6 Å². The van der Waals surface area contributed by atoms with Crippen molar-refractivity contribution in [3.8, 4) is 6.07 Å². The fraction of sp³-hybridized carbons (Fsp3) is 0.818. The molecule has 1 rings (SSSR count). The summed E-state index contributed by atoms with van der Waals surface area (Å²) in [6, 6.07) is 1.99. The van der Waals surface area contributed by atoms with Crippen LogP contribution in [-0.4, -0.2) is 35.1 Å². The van der Waals surface area contributed by atoms with E-state index in [1.165, 1.54) is 0 Å². The highest BCUT2D eigenvalue weighted by Gasteiger charge is 2.32. The Balaban J connectivity index is 2.62. The molecule has 1 fully saturated rings. The zero-order valence-electron chi connectivity index (χ0n) is 9.15. The van der Waals surface area contributed by atoms with Gasteiger partial charge in [0.05, 0.1) is 18.7 Å². The van der Waals surface area contributed by atoms with Gasteiger partial charge >= 0.3 is 0 Å². The number of aliphatic hydroxyl groups is 1. The van der Waals surface area contributed by atoms with E-state index < -0.39 is 5.92 Å². The predicted molar refractivity (Wildman–Crippen MR) is 55.8 cm³/mol. The monoisotopic (exact) mass is 210 g/mol. The first-order chi connectivity index (χ1) is 7.24. The van der Waals surface area contributed by atoms with Crippen LogP contribution in [0.5, 0.6) is 0 Å². The van der Waals surface area contributed by atoms with Crippen LogP contribution >= 0.6 is 0 Å². The van der Waals surface area contributed by atoms with Gasteiger partial charge in [0, 0.05) is 6.54 Å². The summed E-state index contributed by atoms with van der Waals surface area (Å²) in [5.74, 6) is -0.627. The summed E-state index contributed by atoms with van der Waals surface area (Å²) in [5.41, 5.74) is 0. The number of nitrogens with zero attached hydrogens (tertiary/aromatic N) is 2. The summed E-state index contributed by atoms with van der Waals surface area (Å²) in [7, 11) is 0. The Morgan fingerprint density at radius 3 is 3.00 bits per heavy atom. The Labute approximate surface area is 90.5 Å². The van der Waals surface area contributed by atoms with E-state index in [0.717, 1.165) is 19.3 Å². The number of likely N-dealkylation sites (tertiary alicyclic amines) is 1. The molecule has 1 saturated heterocycles. The lowest BCUT2D eigenvalue weighted by Gasteiger charge is -2.25. The SMILES string of the molecule is CCCC(C#N)C(=O)N1CCCC1CO. The normalized spacial score (nSPS) is 22.5. The van der Waals surface area contributed by atoms with Crippen molar-refractivity contribution in [2.45, 2.75) is 38.6 Å². The minimum absolute atomic E-state index is 0.00993. The molecule has 2 atom stereocenters. The van der Waals surface area contributed by atoms with Crippen LogP contribution in [0.4, 0.5) is 0 Å².